The van der Waals surface area contributed by atoms with E-state index >= 15 is 0 Å². The third-order valence-electron chi connectivity index (χ3n) is 8.92. The lowest BCUT2D eigenvalue weighted by atomic mass is 10.0. The predicted molar refractivity (Wildman–Crippen MR) is 163 cm³/mol. The van der Waals surface area contributed by atoms with E-state index in [0.29, 0.717) is 30.4 Å². The molecule has 1 saturated heterocycles. The van der Waals surface area contributed by atoms with Crippen molar-refractivity contribution in [2.24, 2.45) is 11.8 Å². The van der Waals surface area contributed by atoms with Crippen LogP contribution in [0.2, 0.25) is 0 Å². The minimum Gasteiger partial charge on any atom is -0.444 e. The highest BCUT2D eigenvalue weighted by molar-refractivity contribution is 5.98. The number of fused-ring (bicyclic) bond motifs is 3. The number of nitrogens with one attached hydrogen (secondary N) is 3. The number of hydrogen-bond donors (Lipinski definition) is 4. The van der Waals surface area contributed by atoms with Gasteiger partial charge in [-0.25, -0.2) is 19.8 Å². The molecular formula is C32H43FN6O7. The highest BCUT2D eigenvalue weighted by Gasteiger charge is 2.61. The number of hydrazine groups is 1. The summed E-state index contributed by atoms with van der Waals surface area (Å²) in [6.45, 7) is 5.22. The van der Waals surface area contributed by atoms with Crippen molar-refractivity contribution in [2.45, 2.75) is 108 Å². The fourth-order valence-corrected chi connectivity index (χ4v) is 6.47. The van der Waals surface area contributed by atoms with E-state index in [9.17, 15) is 28.4 Å². The van der Waals surface area contributed by atoms with E-state index in [4.69, 9.17) is 15.3 Å². The maximum atomic E-state index is 14.3. The van der Waals surface area contributed by atoms with Gasteiger partial charge in [-0.2, -0.15) is 0 Å². The third kappa shape index (κ3) is 7.27. The summed E-state index contributed by atoms with van der Waals surface area (Å²) >= 11 is 0. The summed E-state index contributed by atoms with van der Waals surface area (Å²) in [4.78, 5) is 69.5. The number of ether oxygens (including phenoxy) is 2. The highest BCUT2D eigenvalue weighted by Crippen LogP contribution is 2.45. The SMILES string of the molecule is CC(C)(C)OC(=O)N[C@H]1CCCCC/C=C\C2C[C@@]2(C(=O)NN)NC(=O)[C@@H]2C[C@@H](OC(=O)N3Cc4cccc(F)c4C3)CN2C1=O. The molecule has 46 heavy (non-hydrogen) atoms. The largest absolute Gasteiger partial charge is 0.444 e. The van der Waals surface area contributed by atoms with Gasteiger partial charge in [-0.15, -0.1) is 0 Å². The molecule has 0 aromatic heterocycles. The Morgan fingerprint density at radius 2 is 1.91 bits per heavy atom. The monoisotopic (exact) mass is 642 g/mol. The van der Waals surface area contributed by atoms with Gasteiger partial charge in [0, 0.05) is 24.4 Å². The van der Waals surface area contributed by atoms with Crippen LogP contribution in [0.5, 0.6) is 0 Å². The van der Waals surface area contributed by atoms with Crippen LogP contribution in [0, 0.1) is 11.7 Å². The molecule has 5 amide bonds. The van der Waals surface area contributed by atoms with Crippen molar-refractivity contribution in [1.82, 2.24) is 25.9 Å². The van der Waals surface area contributed by atoms with Crippen molar-refractivity contribution >= 4 is 29.9 Å². The van der Waals surface area contributed by atoms with Crippen LogP contribution >= 0.6 is 0 Å². The molecule has 5 atom stereocenters. The van der Waals surface area contributed by atoms with Crippen molar-refractivity contribution in [1.29, 1.82) is 0 Å². The van der Waals surface area contributed by atoms with Crippen LogP contribution in [0.4, 0.5) is 14.0 Å². The molecule has 5 rings (SSSR count). The minimum atomic E-state index is -1.27. The summed E-state index contributed by atoms with van der Waals surface area (Å²) in [5.41, 5.74) is 1.17. The molecule has 0 spiro atoms. The maximum absolute atomic E-state index is 14.3. The molecule has 13 nitrogen and oxygen atoms in total. The first-order valence-electron chi connectivity index (χ1n) is 15.8. The molecular weight excluding hydrogens is 599 g/mol. The fourth-order valence-electron chi connectivity index (χ4n) is 6.47. The van der Waals surface area contributed by atoms with Gasteiger partial charge in [0.2, 0.25) is 11.8 Å². The van der Waals surface area contributed by atoms with Crippen LogP contribution in [-0.2, 0) is 36.9 Å². The number of halogens is 1. The number of nitrogens with zero attached hydrogens (tertiary/aromatic N) is 2. The summed E-state index contributed by atoms with van der Waals surface area (Å²) in [6, 6.07) is 2.53. The number of amides is 5. The number of hydrogen-bond acceptors (Lipinski definition) is 8. The van der Waals surface area contributed by atoms with E-state index in [1.54, 1.807) is 32.9 Å². The van der Waals surface area contributed by atoms with Gasteiger partial charge in [-0.3, -0.25) is 24.7 Å². The Bertz CT molecular complexity index is 1410. The second kappa shape index (κ2) is 13.3. The number of rotatable bonds is 3. The van der Waals surface area contributed by atoms with E-state index < -0.39 is 65.1 Å². The van der Waals surface area contributed by atoms with Crippen molar-refractivity contribution in [3.8, 4) is 0 Å². The Morgan fingerprint density at radius 1 is 1.13 bits per heavy atom. The number of alkyl carbamates (subject to hydrolysis) is 1. The molecule has 14 heteroatoms. The Kier molecular flexibility index (Phi) is 9.57. The lowest BCUT2D eigenvalue weighted by Gasteiger charge is -2.30. The second-order valence-corrected chi connectivity index (χ2v) is 13.5. The van der Waals surface area contributed by atoms with Gasteiger partial charge in [0.25, 0.3) is 5.91 Å². The third-order valence-corrected chi connectivity index (χ3v) is 8.92. The van der Waals surface area contributed by atoms with Gasteiger partial charge in [0.15, 0.2) is 0 Å². The molecule has 1 unspecified atom stereocenters. The van der Waals surface area contributed by atoms with Gasteiger partial charge in [0.1, 0.15) is 35.1 Å². The van der Waals surface area contributed by atoms with E-state index in [1.165, 1.54) is 15.9 Å². The molecule has 4 aliphatic rings. The quantitative estimate of drug-likeness (QED) is 0.169. The summed E-state index contributed by atoms with van der Waals surface area (Å²) < 4.78 is 25.5. The lowest BCUT2D eigenvalue weighted by Crippen LogP contribution is -2.58. The normalized spacial score (nSPS) is 28.8. The molecule has 250 valence electrons. The molecule has 3 heterocycles. The Hall–Kier alpha value is -4.20. The Balaban J connectivity index is 1.38. The Morgan fingerprint density at radius 3 is 2.63 bits per heavy atom. The molecule has 1 aromatic carbocycles. The average Bonchev–Trinajstić information content (AvgIpc) is 3.29. The first kappa shape index (κ1) is 33.2. The summed E-state index contributed by atoms with van der Waals surface area (Å²) in [6.07, 6.45) is 5.11. The lowest BCUT2D eigenvalue weighted by molar-refractivity contribution is -0.141. The van der Waals surface area contributed by atoms with Gasteiger partial charge in [0.05, 0.1) is 13.1 Å². The highest BCUT2D eigenvalue weighted by atomic mass is 19.1. The van der Waals surface area contributed by atoms with Gasteiger partial charge >= 0.3 is 12.2 Å². The number of carbonyl (C=O) groups is 5. The number of benzene rings is 1. The topological polar surface area (TPSA) is 172 Å². The maximum Gasteiger partial charge on any atom is 0.410 e. The number of carbonyl (C=O) groups excluding carboxylic acids is 5. The first-order chi connectivity index (χ1) is 21.8. The van der Waals surface area contributed by atoms with Crippen LogP contribution in [0.15, 0.2) is 30.4 Å². The average molecular weight is 643 g/mol. The van der Waals surface area contributed by atoms with Crippen molar-refractivity contribution in [3.63, 3.8) is 0 Å². The molecule has 5 N–H and O–H groups in total. The van der Waals surface area contributed by atoms with Gasteiger partial charge in [-0.1, -0.05) is 37.1 Å². The summed E-state index contributed by atoms with van der Waals surface area (Å²) in [5, 5.41) is 5.52. The van der Waals surface area contributed by atoms with Crippen molar-refractivity contribution in [2.75, 3.05) is 6.54 Å². The van der Waals surface area contributed by atoms with Crippen LogP contribution in [0.25, 0.3) is 0 Å². The van der Waals surface area contributed by atoms with Crippen LogP contribution in [0.1, 0.15) is 76.8 Å². The molecule has 2 fully saturated rings. The molecule has 1 aromatic rings. The van der Waals surface area contributed by atoms with E-state index in [2.05, 4.69) is 16.1 Å². The zero-order chi connectivity index (χ0) is 33.2. The molecule has 1 saturated carbocycles. The second-order valence-electron chi connectivity index (χ2n) is 13.5. The predicted octanol–water partition coefficient (Wildman–Crippen LogP) is 2.53. The molecule has 0 radical (unpaired) electrons. The van der Waals surface area contributed by atoms with E-state index in [1.807, 2.05) is 12.2 Å². The summed E-state index contributed by atoms with van der Waals surface area (Å²) in [7, 11) is 0. The van der Waals surface area contributed by atoms with Crippen molar-refractivity contribution in [3.05, 3.63) is 47.3 Å². The standard InChI is InChI=1S/C32H43FN6O7/c1-31(2,3)46-29(43)35-24-13-8-6-4-5-7-11-20-15-32(20,28(42)37-34)36-26(40)25-14-21(17-39(25)27(24)41)45-30(44)38-16-19-10-9-12-23(33)22(19)18-38/h7,9-12,20-21,24-25H,4-6,8,13-18,34H2,1-3H3,(H,35,43)(H,36,40)(H,37,42)/b11-7-/t20?,21-,24+,25+,32-/m1/s1. The molecule has 0 bridgehead atoms. The number of nitrogens with two attached hydrogens (primary N) is 1. The van der Waals surface area contributed by atoms with Crippen LogP contribution < -0.4 is 21.9 Å². The van der Waals surface area contributed by atoms with Crippen LogP contribution in [0.3, 0.4) is 0 Å². The van der Waals surface area contributed by atoms with E-state index in [-0.39, 0.29) is 32.0 Å². The molecule has 3 aliphatic heterocycles. The fraction of sp³-hybridized carbons (Fsp3) is 0.594. The zero-order valence-corrected chi connectivity index (χ0v) is 26.5. The van der Waals surface area contributed by atoms with Gasteiger partial charge in [-0.05, 0) is 58.1 Å². The smallest absolute Gasteiger partial charge is 0.410 e. The molecule has 1 aliphatic carbocycles. The van der Waals surface area contributed by atoms with Crippen LogP contribution in [-0.4, -0.2) is 75.6 Å². The summed E-state index contributed by atoms with van der Waals surface area (Å²) in [5.74, 6) is 3.11. The number of allylic oxidation sites excluding steroid dienone is 1. The van der Waals surface area contributed by atoms with Gasteiger partial charge < -0.3 is 25.0 Å². The first-order valence-corrected chi connectivity index (χ1v) is 15.8. The van der Waals surface area contributed by atoms with E-state index in [0.717, 1.165) is 19.3 Å². The zero-order valence-electron chi connectivity index (χ0n) is 26.5. The van der Waals surface area contributed by atoms with Crippen molar-refractivity contribution < 1.29 is 37.8 Å². The minimum absolute atomic E-state index is 0.0353. The Labute approximate surface area is 267 Å².